The molecule has 0 aliphatic carbocycles. The maximum absolute atomic E-state index is 4.60. The zero-order valence-electron chi connectivity index (χ0n) is 17.1. The molecule has 0 unspecified atom stereocenters. The molecule has 3 rings (SSSR count). The molecule has 1 aromatic heterocycles. The Labute approximate surface area is 163 Å². The van der Waals surface area contributed by atoms with E-state index in [-0.39, 0.29) is 0 Å². The van der Waals surface area contributed by atoms with E-state index in [0.29, 0.717) is 0 Å². The van der Waals surface area contributed by atoms with Crippen molar-refractivity contribution in [2.45, 2.75) is 34.6 Å². The van der Waals surface area contributed by atoms with Gasteiger partial charge in [-0.15, -0.1) is 0 Å². The van der Waals surface area contributed by atoms with Gasteiger partial charge in [0.25, 0.3) is 0 Å². The number of nitrogens with zero attached hydrogens (tertiary/aromatic N) is 2. The fourth-order valence-electron chi connectivity index (χ4n) is 3.78. The smallest absolute Gasteiger partial charge is 0.0454 e. The van der Waals surface area contributed by atoms with Crippen LogP contribution in [0.4, 0.5) is 0 Å². The summed E-state index contributed by atoms with van der Waals surface area (Å²) in [5.41, 5.74) is 11.3. The Hall–Kier alpha value is -2.87. The van der Waals surface area contributed by atoms with Crippen LogP contribution in [-0.2, 0) is 0 Å². The SMILES string of the molecule is C=C1C(c2ccc(-c3ccc(C)nc3C)cc2C)=C/C(=C/C)C(=C)N1CC. The molecule has 0 spiro atoms. The van der Waals surface area contributed by atoms with Crippen molar-refractivity contribution in [3.63, 3.8) is 0 Å². The van der Waals surface area contributed by atoms with E-state index in [1.807, 2.05) is 6.92 Å². The van der Waals surface area contributed by atoms with Gasteiger partial charge in [0.15, 0.2) is 0 Å². The number of pyridine rings is 1. The van der Waals surface area contributed by atoms with Crippen LogP contribution in [0.2, 0.25) is 0 Å². The highest BCUT2D eigenvalue weighted by Crippen LogP contribution is 2.38. The fraction of sp³-hybridized carbons (Fsp3) is 0.240. The topological polar surface area (TPSA) is 16.1 Å². The minimum absolute atomic E-state index is 0.859. The molecule has 2 nitrogen and oxygen atoms in total. The summed E-state index contributed by atoms with van der Waals surface area (Å²) in [6.07, 6.45) is 4.32. The van der Waals surface area contributed by atoms with E-state index in [4.69, 9.17) is 0 Å². The molecule has 1 aromatic carbocycles. The molecular formula is C25H28N2. The summed E-state index contributed by atoms with van der Waals surface area (Å²) in [4.78, 5) is 6.79. The Kier molecular flexibility index (Phi) is 5.18. The third-order valence-corrected chi connectivity index (χ3v) is 5.28. The Morgan fingerprint density at radius 3 is 2.30 bits per heavy atom. The van der Waals surface area contributed by atoms with Crippen LogP contribution in [0.1, 0.15) is 36.4 Å². The summed E-state index contributed by atoms with van der Waals surface area (Å²) in [7, 11) is 0. The van der Waals surface area contributed by atoms with Crippen molar-refractivity contribution in [2.24, 2.45) is 0 Å². The van der Waals surface area contributed by atoms with Gasteiger partial charge in [-0.25, -0.2) is 0 Å². The van der Waals surface area contributed by atoms with Crippen LogP contribution in [0.5, 0.6) is 0 Å². The normalized spacial score (nSPS) is 16.1. The molecule has 2 heteroatoms. The zero-order chi connectivity index (χ0) is 19.7. The van der Waals surface area contributed by atoms with Gasteiger partial charge in [-0.3, -0.25) is 4.98 Å². The third-order valence-electron chi connectivity index (χ3n) is 5.28. The molecule has 0 bridgehead atoms. The summed E-state index contributed by atoms with van der Waals surface area (Å²) in [5.74, 6) is 0. The number of aryl methyl sites for hydroxylation is 3. The Bertz CT molecular complexity index is 989. The summed E-state index contributed by atoms with van der Waals surface area (Å²) in [6, 6.07) is 10.9. The van der Waals surface area contributed by atoms with Crippen LogP contribution in [0.3, 0.4) is 0 Å². The molecule has 0 fully saturated rings. The molecule has 2 heterocycles. The van der Waals surface area contributed by atoms with Crippen molar-refractivity contribution in [3.05, 3.63) is 95.1 Å². The number of aromatic nitrogens is 1. The van der Waals surface area contributed by atoms with Crippen molar-refractivity contribution in [1.82, 2.24) is 9.88 Å². The van der Waals surface area contributed by atoms with Crippen LogP contribution in [-0.4, -0.2) is 16.4 Å². The monoisotopic (exact) mass is 356 g/mol. The standard InChI is InChI=1S/C25H28N2/c1-8-21-15-25(20(7)27(9-2)19(21)6)23-13-11-22(14-16(23)3)24-12-10-17(4)26-18(24)5/h8,10-15H,6-7,9H2,1-5H3/b21-8-. The first-order valence-electron chi connectivity index (χ1n) is 9.47. The highest BCUT2D eigenvalue weighted by Gasteiger charge is 2.23. The van der Waals surface area contributed by atoms with Crippen LogP contribution < -0.4 is 0 Å². The minimum atomic E-state index is 0.859. The lowest BCUT2D eigenvalue weighted by molar-refractivity contribution is 0.476. The first-order valence-corrected chi connectivity index (χ1v) is 9.47. The number of benzene rings is 1. The average molecular weight is 357 g/mol. The number of hydrogen-bond acceptors (Lipinski definition) is 2. The summed E-state index contributed by atoms with van der Waals surface area (Å²) in [6.45, 7) is 19.9. The van der Waals surface area contributed by atoms with E-state index in [1.54, 1.807) is 0 Å². The van der Waals surface area contributed by atoms with Gasteiger partial charge < -0.3 is 4.90 Å². The number of likely N-dealkylation sites (N-methyl/N-ethyl adjacent to an activating group) is 1. The maximum Gasteiger partial charge on any atom is 0.0454 e. The predicted molar refractivity (Wildman–Crippen MR) is 116 cm³/mol. The molecule has 1 aliphatic heterocycles. The Morgan fingerprint density at radius 2 is 1.70 bits per heavy atom. The first-order chi connectivity index (χ1) is 12.9. The number of hydrogen-bond donors (Lipinski definition) is 0. The summed E-state index contributed by atoms with van der Waals surface area (Å²) >= 11 is 0. The van der Waals surface area contributed by atoms with Crippen molar-refractivity contribution in [3.8, 4) is 11.1 Å². The van der Waals surface area contributed by atoms with Crippen molar-refractivity contribution in [1.29, 1.82) is 0 Å². The van der Waals surface area contributed by atoms with Gasteiger partial charge in [-0.1, -0.05) is 43.5 Å². The van der Waals surface area contributed by atoms with E-state index < -0.39 is 0 Å². The molecule has 0 radical (unpaired) electrons. The highest BCUT2D eigenvalue weighted by molar-refractivity contribution is 5.86. The largest absolute Gasteiger partial charge is 0.342 e. The van der Waals surface area contributed by atoms with E-state index in [9.17, 15) is 0 Å². The van der Waals surface area contributed by atoms with Gasteiger partial charge in [-0.05, 0) is 69.0 Å². The Balaban J connectivity index is 2.08. The molecule has 0 saturated heterocycles. The van der Waals surface area contributed by atoms with Gasteiger partial charge >= 0.3 is 0 Å². The molecule has 0 saturated carbocycles. The second kappa shape index (κ2) is 7.40. The van der Waals surface area contributed by atoms with Crippen LogP contribution in [0.25, 0.3) is 16.7 Å². The van der Waals surface area contributed by atoms with Gasteiger partial charge in [0.1, 0.15) is 0 Å². The molecule has 27 heavy (non-hydrogen) atoms. The molecule has 0 N–H and O–H groups in total. The number of rotatable bonds is 3. The van der Waals surface area contributed by atoms with Gasteiger partial charge in [0.2, 0.25) is 0 Å². The van der Waals surface area contributed by atoms with Crippen molar-refractivity contribution < 1.29 is 0 Å². The Morgan fingerprint density at radius 1 is 1.00 bits per heavy atom. The van der Waals surface area contributed by atoms with Gasteiger partial charge in [-0.2, -0.15) is 0 Å². The summed E-state index contributed by atoms with van der Waals surface area (Å²) < 4.78 is 0. The van der Waals surface area contributed by atoms with Gasteiger partial charge in [0, 0.05) is 40.5 Å². The van der Waals surface area contributed by atoms with E-state index in [2.05, 4.69) is 93.2 Å². The van der Waals surface area contributed by atoms with Crippen LogP contribution in [0.15, 0.2) is 72.6 Å². The lowest BCUT2D eigenvalue weighted by atomic mass is 9.89. The highest BCUT2D eigenvalue weighted by atomic mass is 15.1. The zero-order valence-corrected chi connectivity index (χ0v) is 17.1. The molecule has 138 valence electrons. The lowest BCUT2D eigenvalue weighted by Crippen LogP contribution is -2.26. The quantitative estimate of drug-likeness (QED) is 0.635. The van der Waals surface area contributed by atoms with E-state index in [0.717, 1.165) is 34.9 Å². The minimum Gasteiger partial charge on any atom is -0.342 e. The summed E-state index contributed by atoms with van der Waals surface area (Å²) in [5, 5.41) is 0. The maximum atomic E-state index is 4.60. The molecular weight excluding hydrogens is 328 g/mol. The molecule has 1 aliphatic rings. The van der Waals surface area contributed by atoms with Crippen LogP contribution in [0, 0.1) is 20.8 Å². The number of allylic oxidation sites excluding steroid dienone is 3. The van der Waals surface area contributed by atoms with E-state index >= 15 is 0 Å². The first kappa shape index (κ1) is 18.9. The van der Waals surface area contributed by atoms with Crippen LogP contribution >= 0.6 is 0 Å². The molecule has 2 aromatic rings. The van der Waals surface area contributed by atoms with E-state index in [1.165, 1.54) is 27.8 Å². The molecule has 0 atom stereocenters. The second-order valence-electron chi connectivity index (χ2n) is 7.05. The van der Waals surface area contributed by atoms with Gasteiger partial charge in [0.05, 0.1) is 0 Å². The third kappa shape index (κ3) is 3.40. The second-order valence-corrected chi connectivity index (χ2v) is 7.05. The molecule has 0 amide bonds. The predicted octanol–water partition coefficient (Wildman–Crippen LogP) is 6.37. The fourth-order valence-corrected chi connectivity index (χ4v) is 3.78. The lowest BCUT2D eigenvalue weighted by Gasteiger charge is -2.34. The van der Waals surface area contributed by atoms with Crippen molar-refractivity contribution in [2.75, 3.05) is 6.54 Å². The average Bonchev–Trinajstić information content (AvgIpc) is 2.63. The van der Waals surface area contributed by atoms with Crippen molar-refractivity contribution >= 4 is 5.57 Å².